The third kappa shape index (κ3) is 5.90. The molecule has 3 aromatic carbocycles. The number of carbonyl (C=O) groups excluding carboxylic acids is 1. The minimum absolute atomic E-state index is 0.0834. The van der Waals surface area contributed by atoms with E-state index in [1.54, 1.807) is 30.6 Å². The van der Waals surface area contributed by atoms with E-state index in [1.165, 1.54) is 24.3 Å². The number of aliphatic hydroxyl groups excluding tert-OH is 1. The maximum atomic E-state index is 14.8. The van der Waals surface area contributed by atoms with E-state index in [0.29, 0.717) is 11.3 Å². The molecule has 1 saturated heterocycles. The van der Waals surface area contributed by atoms with Crippen LogP contribution in [0.3, 0.4) is 0 Å². The predicted octanol–water partition coefficient (Wildman–Crippen LogP) is 5.99. The van der Waals surface area contributed by atoms with Crippen LogP contribution < -0.4 is 20.9 Å². The lowest BCUT2D eigenvalue weighted by atomic mass is 10.1. The number of aromatic amines is 1. The van der Waals surface area contributed by atoms with E-state index < -0.39 is 11.6 Å². The number of nitrogens with zero attached hydrogens (tertiary/aromatic N) is 1. The van der Waals surface area contributed by atoms with Crippen LogP contribution in [0.25, 0.3) is 0 Å². The molecular weight excluding hydrogens is 476 g/mol. The summed E-state index contributed by atoms with van der Waals surface area (Å²) in [6.07, 6.45) is 4.47. The molecule has 0 aliphatic carbocycles. The van der Waals surface area contributed by atoms with E-state index in [0.717, 1.165) is 37.3 Å². The monoisotopic (exact) mass is 503 g/mol. The summed E-state index contributed by atoms with van der Waals surface area (Å²) in [5, 5.41) is 18.3. The van der Waals surface area contributed by atoms with Gasteiger partial charge in [-0.3, -0.25) is 4.79 Å². The van der Waals surface area contributed by atoms with Crippen LogP contribution in [-0.2, 0) is 0 Å². The van der Waals surface area contributed by atoms with Crippen molar-refractivity contribution in [3.63, 3.8) is 0 Å². The Morgan fingerprint density at radius 2 is 1.46 bits per heavy atom. The van der Waals surface area contributed by atoms with Crippen LogP contribution in [0, 0.1) is 11.6 Å². The number of aromatic nitrogens is 1. The number of hydrogen-bond acceptors (Lipinski definition) is 5. The minimum Gasteiger partial charge on any atom is -0.393 e. The summed E-state index contributed by atoms with van der Waals surface area (Å²) < 4.78 is 29.4. The highest BCUT2D eigenvalue weighted by Gasteiger charge is 2.17. The highest BCUT2D eigenvalue weighted by atomic mass is 19.1. The highest BCUT2D eigenvalue weighted by Crippen LogP contribution is 2.29. The van der Waals surface area contributed by atoms with E-state index in [-0.39, 0.29) is 29.1 Å². The smallest absolute Gasteiger partial charge is 0.257 e. The van der Waals surface area contributed by atoms with Crippen molar-refractivity contribution < 1.29 is 18.7 Å². The van der Waals surface area contributed by atoms with Gasteiger partial charge in [0.2, 0.25) is 0 Å². The fourth-order valence-electron chi connectivity index (χ4n) is 4.25. The van der Waals surface area contributed by atoms with E-state index in [2.05, 4.69) is 25.8 Å². The number of amides is 1. The first-order valence-electron chi connectivity index (χ1n) is 12.0. The second-order valence-electron chi connectivity index (χ2n) is 8.96. The maximum Gasteiger partial charge on any atom is 0.257 e. The zero-order valence-electron chi connectivity index (χ0n) is 20.0. The summed E-state index contributed by atoms with van der Waals surface area (Å²) in [6, 6.07) is 18.2. The van der Waals surface area contributed by atoms with Gasteiger partial charge in [-0.05, 0) is 79.6 Å². The summed E-state index contributed by atoms with van der Waals surface area (Å²) in [6.45, 7) is 1.64. The molecule has 9 heteroatoms. The normalized spacial score (nSPS) is 13.9. The molecule has 5 N–H and O–H groups in total. The minimum atomic E-state index is -0.628. The van der Waals surface area contributed by atoms with Crippen molar-refractivity contribution in [2.75, 3.05) is 33.9 Å². The number of hydrogen-bond donors (Lipinski definition) is 5. The highest BCUT2D eigenvalue weighted by molar-refractivity contribution is 6.04. The molecule has 1 aliphatic rings. The molecule has 1 fully saturated rings. The van der Waals surface area contributed by atoms with Gasteiger partial charge in [0.15, 0.2) is 0 Å². The number of piperidine rings is 1. The molecule has 0 unspecified atom stereocenters. The van der Waals surface area contributed by atoms with Crippen molar-refractivity contribution in [1.82, 2.24) is 4.98 Å². The standard InChI is InChI=1S/C28H27F2N5O2/c29-24-15-20(32-19-1-5-22(6-2-19)35-13-10-23(36)11-14-35)3-7-26(24)34-27-8-4-21(16-25(27)30)33-28(37)18-9-12-31-17-18/h1-9,12,15-17,23,31-32,34,36H,10-11,13-14H2,(H,33,37). The number of rotatable bonds is 7. The predicted molar refractivity (Wildman–Crippen MR) is 142 cm³/mol. The molecule has 7 nitrogen and oxygen atoms in total. The first-order valence-corrected chi connectivity index (χ1v) is 12.0. The molecule has 1 amide bonds. The topological polar surface area (TPSA) is 92.4 Å². The Morgan fingerprint density at radius 1 is 0.838 bits per heavy atom. The van der Waals surface area contributed by atoms with Crippen LogP contribution >= 0.6 is 0 Å². The van der Waals surface area contributed by atoms with Crippen LogP contribution in [-0.4, -0.2) is 35.2 Å². The van der Waals surface area contributed by atoms with Crippen LogP contribution in [0.4, 0.5) is 42.9 Å². The quantitative estimate of drug-likeness (QED) is 0.214. The van der Waals surface area contributed by atoms with Crippen LogP contribution in [0.2, 0.25) is 0 Å². The lowest BCUT2D eigenvalue weighted by molar-refractivity contribution is 0.102. The summed E-state index contributed by atoms with van der Waals surface area (Å²) in [5.74, 6) is -1.54. The zero-order valence-corrected chi connectivity index (χ0v) is 20.0. The molecule has 190 valence electrons. The average Bonchev–Trinajstić information content (AvgIpc) is 3.44. The second-order valence-corrected chi connectivity index (χ2v) is 8.96. The van der Waals surface area contributed by atoms with Gasteiger partial charge in [-0.2, -0.15) is 0 Å². The molecule has 2 heterocycles. The Bertz CT molecular complexity index is 1370. The van der Waals surface area contributed by atoms with Gasteiger partial charge in [0.25, 0.3) is 5.91 Å². The molecule has 0 radical (unpaired) electrons. The van der Waals surface area contributed by atoms with Gasteiger partial charge in [-0.15, -0.1) is 0 Å². The average molecular weight is 504 g/mol. The molecule has 0 atom stereocenters. The van der Waals surface area contributed by atoms with E-state index in [4.69, 9.17) is 0 Å². The lowest BCUT2D eigenvalue weighted by Crippen LogP contribution is -2.35. The number of benzene rings is 3. The van der Waals surface area contributed by atoms with Gasteiger partial charge in [0, 0.05) is 48.2 Å². The Morgan fingerprint density at radius 3 is 2.08 bits per heavy atom. The summed E-state index contributed by atoms with van der Waals surface area (Å²) >= 11 is 0. The lowest BCUT2D eigenvalue weighted by Gasteiger charge is -2.31. The summed E-state index contributed by atoms with van der Waals surface area (Å²) in [7, 11) is 0. The van der Waals surface area contributed by atoms with Crippen LogP contribution in [0.1, 0.15) is 23.2 Å². The number of halogens is 2. The molecule has 1 aliphatic heterocycles. The second kappa shape index (κ2) is 10.7. The number of carbonyl (C=O) groups is 1. The Hall–Kier alpha value is -4.37. The number of anilines is 6. The third-order valence-corrected chi connectivity index (χ3v) is 6.31. The Labute approximate surface area is 213 Å². The van der Waals surface area contributed by atoms with E-state index in [9.17, 15) is 18.7 Å². The van der Waals surface area contributed by atoms with E-state index in [1.807, 2.05) is 24.3 Å². The molecule has 37 heavy (non-hydrogen) atoms. The fraction of sp³-hybridized carbons (Fsp3) is 0.179. The summed E-state index contributed by atoms with van der Waals surface area (Å²) in [5.41, 5.74) is 3.37. The van der Waals surface area contributed by atoms with Crippen molar-refractivity contribution in [2.24, 2.45) is 0 Å². The van der Waals surface area contributed by atoms with Gasteiger partial charge in [0.05, 0.1) is 23.0 Å². The fourth-order valence-corrected chi connectivity index (χ4v) is 4.25. The first kappa shape index (κ1) is 24.3. The van der Waals surface area contributed by atoms with E-state index >= 15 is 0 Å². The van der Waals surface area contributed by atoms with Gasteiger partial charge in [-0.25, -0.2) is 8.78 Å². The molecule has 4 aromatic rings. The Balaban J connectivity index is 1.20. The van der Waals surface area contributed by atoms with Gasteiger partial charge in [-0.1, -0.05) is 0 Å². The molecule has 0 bridgehead atoms. The van der Waals surface area contributed by atoms with Gasteiger partial charge in [0.1, 0.15) is 11.6 Å². The van der Waals surface area contributed by atoms with Crippen molar-refractivity contribution in [2.45, 2.75) is 18.9 Å². The molecule has 0 spiro atoms. The number of H-pyrrole nitrogens is 1. The summed E-state index contributed by atoms with van der Waals surface area (Å²) in [4.78, 5) is 17.2. The van der Waals surface area contributed by atoms with Gasteiger partial charge >= 0.3 is 0 Å². The molecular formula is C28H27F2N5O2. The van der Waals surface area contributed by atoms with Crippen LogP contribution in [0.5, 0.6) is 0 Å². The van der Waals surface area contributed by atoms with Gasteiger partial charge < -0.3 is 30.9 Å². The molecule has 0 saturated carbocycles. The Kier molecular flexibility index (Phi) is 7.04. The first-order chi connectivity index (χ1) is 17.9. The largest absolute Gasteiger partial charge is 0.393 e. The number of aliphatic hydroxyl groups is 1. The van der Waals surface area contributed by atoms with Crippen molar-refractivity contribution >= 4 is 40.0 Å². The third-order valence-electron chi connectivity index (χ3n) is 6.31. The molecule has 5 rings (SSSR count). The van der Waals surface area contributed by atoms with Crippen LogP contribution in [0.15, 0.2) is 79.1 Å². The maximum absolute atomic E-state index is 14.8. The molecule has 1 aromatic heterocycles. The van der Waals surface area contributed by atoms with Crippen molar-refractivity contribution in [3.05, 3.63) is 96.3 Å². The van der Waals surface area contributed by atoms with Crippen molar-refractivity contribution in [1.29, 1.82) is 0 Å². The SMILES string of the molecule is O=C(Nc1ccc(Nc2ccc(Nc3ccc(N4CCC(O)CC4)cc3)cc2F)c(F)c1)c1cc[nH]c1. The zero-order chi connectivity index (χ0) is 25.8. The number of nitrogens with one attached hydrogen (secondary N) is 4. The van der Waals surface area contributed by atoms with Crippen molar-refractivity contribution in [3.8, 4) is 0 Å².